The molecule has 1 saturated carbocycles. The summed E-state index contributed by atoms with van der Waals surface area (Å²) in [7, 11) is 0. The molecule has 1 fully saturated rings. The minimum atomic E-state index is 0.742. The fourth-order valence-corrected chi connectivity index (χ4v) is 1.56. The van der Waals surface area contributed by atoms with E-state index < -0.39 is 0 Å². The maximum atomic E-state index is 7.08. The van der Waals surface area contributed by atoms with Gasteiger partial charge < -0.3 is 0 Å². The van der Waals surface area contributed by atoms with E-state index in [-0.39, 0.29) is 0 Å². The summed E-state index contributed by atoms with van der Waals surface area (Å²) in [5, 5.41) is 0. The molecule has 0 N–H and O–H groups in total. The highest BCUT2D eigenvalue weighted by atomic mass is 14.2. The number of hydrogen-bond donors (Lipinski definition) is 0. The number of hydrogen-bond acceptors (Lipinski definition) is 0. The Hall–Kier alpha value is -0.260. The van der Waals surface area contributed by atoms with Crippen LogP contribution in [-0.4, -0.2) is 0 Å². The highest BCUT2D eigenvalue weighted by Crippen LogP contribution is 2.27. The van der Waals surface area contributed by atoms with Crippen LogP contribution in [0.4, 0.5) is 0 Å². The monoisotopic (exact) mass is 125 g/mol. The summed E-state index contributed by atoms with van der Waals surface area (Å²) in [6, 6.07) is 0. The first-order valence-electron chi connectivity index (χ1n) is 4.47. The van der Waals surface area contributed by atoms with Crippen molar-refractivity contribution in [1.29, 1.82) is 0 Å². The molecule has 0 bridgehead atoms. The van der Waals surface area contributed by atoms with Gasteiger partial charge >= 0.3 is 0 Å². The van der Waals surface area contributed by atoms with Gasteiger partial charge in [0.2, 0.25) is 0 Å². The van der Waals surface area contributed by atoms with E-state index in [4.69, 9.17) is 1.37 Å². The molecule has 0 heteroatoms. The standard InChI is InChI=1S/C9H16/c1-8(2)9-6-4-3-5-7-9/h9H,1,3-7H2,2H3/i1D/b8-1+. The van der Waals surface area contributed by atoms with Crippen LogP contribution >= 0.6 is 0 Å². The van der Waals surface area contributed by atoms with Gasteiger partial charge in [0.1, 0.15) is 0 Å². The molecule has 0 nitrogen and oxygen atoms in total. The van der Waals surface area contributed by atoms with Crippen LogP contribution in [0, 0.1) is 5.92 Å². The second kappa shape index (κ2) is 3.05. The summed E-state index contributed by atoms with van der Waals surface area (Å²) >= 11 is 0. The first kappa shape index (κ1) is 5.52. The molecule has 9 heavy (non-hydrogen) atoms. The lowest BCUT2D eigenvalue weighted by molar-refractivity contribution is 0.404. The summed E-state index contributed by atoms with van der Waals surface area (Å²) in [4.78, 5) is 0. The molecule has 0 amide bonds. The van der Waals surface area contributed by atoms with Crippen LogP contribution in [0.25, 0.3) is 0 Å². The predicted molar refractivity (Wildman–Crippen MR) is 41.4 cm³/mol. The molecule has 0 aromatic carbocycles. The maximum absolute atomic E-state index is 7.08. The SMILES string of the molecule is [2H]/C=C(\C)C1CCCCC1. The third-order valence-corrected chi connectivity index (χ3v) is 2.25. The van der Waals surface area contributed by atoms with E-state index in [0.717, 1.165) is 5.92 Å². The van der Waals surface area contributed by atoms with Crippen molar-refractivity contribution in [3.63, 3.8) is 0 Å². The Bertz CT molecular complexity index is 121. The van der Waals surface area contributed by atoms with Crippen LogP contribution < -0.4 is 0 Å². The van der Waals surface area contributed by atoms with Gasteiger partial charge in [-0.3, -0.25) is 0 Å². The predicted octanol–water partition coefficient (Wildman–Crippen LogP) is 3.14. The van der Waals surface area contributed by atoms with Gasteiger partial charge in [0.05, 0.1) is 1.37 Å². The van der Waals surface area contributed by atoms with E-state index in [0.29, 0.717) is 0 Å². The highest BCUT2D eigenvalue weighted by Gasteiger charge is 2.12. The van der Waals surface area contributed by atoms with Crippen molar-refractivity contribution in [2.24, 2.45) is 5.92 Å². The minimum absolute atomic E-state index is 0.742. The Morgan fingerprint density at radius 3 is 2.67 bits per heavy atom. The summed E-state index contributed by atoms with van der Waals surface area (Å²) in [5.74, 6) is 0.742. The molecule has 1 aliphatic rings. The second-order valence-corrected chi connectivity index (χ2v) is 3.08. The topological polar surface area (TPSA) is 0 Å². The molecule has 0 radical (unpaired) electrons. The molecular formula is C9H16. The van der Waals surface area contributed by atoms with Crippen molar-refractivity contribution in [2.45, 2.75) is 39.0 Å². The maximum Gasteiger partial charge on any atom is 0.0537 e. The highest BCUT2D eigenvalue weighted by molar-refractivity contribution is 4.96. The summed E-state index contributed by atoms with van der Waals surface area (Å²) in [5.41, 5.74) is 1.28. The largest absolute Gasteiger partial charge is 0.0999 e. The van der Waals surface area contributed by atoms with Gasteiger partial charge in [-0.25, -0.2) is 0 Å². The van der Waals surface area contributed by atoms with Crippen LogP contribution in [-0.2, 0) is 0 Å². The van der Waals surface area contributed by atoms with Crippen molar-refractivity contribution in [2.75, 3.05) is 0 Å². The molecule has 0 heterocycles. The van der Waals surface area contributed by atoms with Gasteiger partial charge in [-0.15, -0.1) is 0 Å². The zero-order chi connectivity index (χ0) is 7.40. The molecule has 0 aliphatic heterocycles. The minimum Gasteiger partial charge on any atom is -0.0999 e. The van der Waals surface area contributed by atoms with E-state index in [1.54, 1.807) is 0 Å². The van der Waals surface area contributed by atoms with Crippen molar-refractivity contribution < 1.29 is 1.37 Å². The van der Waals surface area contributed by atoms with Gasteiger partial charge in [0, 0.05) is 0 Å². The van der Waals surface area contributed by atoms with Gasteiger partial charge in [0.15, 0.2) is 0 Å². The first-order chi connectivity index (χ1) is 4.84. The van der Waals surface area contributed by atoms with E-state index >= 15 is 0 Å². The van der Waals surface area contributed by atoms with Crippen molar-refractivity contribution in [3.05, 3.63) is 12.1 Å². The smallest absolute Gasteiger partial charge is 0.0537 e. The Kier molecular flexibility index (Phi) is 1.87. The third-order valence-electron chi connectivity index (χ3n) is 2.25. The van der Waals surface area contributed by atoms with Crippen molar-refractivity contribution in [1.82, 2.24) is 0 Å². The van der Waals surface area contributed by atoms with Gasteiger partial charge in [-0.1, -0.05) is 31.4 Å². The quantitative estimate of drug-likeness (QED) is 0.472. The fraction of sp³-hybridized carbons (Fsp3) is 0.778. The average molecular weight is 125 g/mol. The second-order valence-electron chi connectivity index (χ2n) is 3.08. The molecule has 0 unspecified atom stereocenters. The van der Waals surface area contributed by atoms with Crippen LogP contribution in [0.2, 0.25) is 0 Å². The lowest BCUT2D eigenvalue weighted by atomic mass is 9.85. The average Bonchev–Trinajstić information content (AvgIpc) is 2.05. The van der Waals surface area contributed by atoms with E-state index in [1.807, 2.05) is 0 Å². The van der Waals surface area contributed by atoms with E-state index in [2.05, 4.69) is 6.92 Å². The lowest BCUT2D eigenvalue weighted by Crippen LogP contribution is -2.05. The molecule has 0 spiro atoms. The lowest BCUT2D eigenvalue weighted by Gasteiger charge is -2.21. The summed E-state index contributed by atoms with van der Waals surface area (Å²) in [6.45, 7) is 3.61. The zero-order valence-electron chi connectivity index (χ0n) is 7.19. The van der Waals surface area contributed by atoms with Crippen LogP contribution in [0.5, 0.6) is 0 Å². The normalized spacial score (nSPS) is 25.9. The molecule has 0 aromatic heterocycles. The fourth-order valence-electron chi connectivity index (χ4n) is 1.56. The Balaban J connectivity index is 2.39. The summed E-state index contributed by atoms with van der Waals surface area (Å²) in [6.07, 6.45) is 6.79. The number of allylic oxidation sites excluding steroid dienone is 1. The molecule has 1 aliphatic carbocycles. The number of rotatable bonds is 1. The first-order valence-corrected chi connectivity index (χ1v) is 3.89. The van der Waals surface area contributed by atoms with Gasteiger partial charge in [-0.05, 0) is 25.7 Å². The third kappa shape index (κ3) is 1.85. The molecule has 0 atom stereocenters. The molecule has 1 rings (SSSR count). The Morgan fingerprint density at radius 2 is 2.11 bits per heavy atom. The van der Waals surface area contributed by atoms with Crippen molar-refractivity contribution in [3.8, 4) is 0 Å². The Labute approximate surface area is 59.4 Å². The van der Waals surface area contributed by atoms with Crippen LogP contribution in [0.1, 0.15) is 40.4 Å². The van der Waals surface area contributed by atoms with Crippen molar-refractivity contribution >= 4 is 0 Å². The zero-order valence-corrected chi connectivity index (χ0v) is 6.19. The molecular weight excluding hydrogens is 108 g/mol. The van der Waals surface area contributed by atoms with Crippen LogP contribution in [0.15, 0.2) is 12.1 Å². The Morgan fingerprint density at radius 1 is 1.44 bits per heavy atom. The molecule has 52 valence electrons. The van der Waals surface area contributed by atoms with Gasteiger partial charge in [-0.2, -0.15) is 0 Å². The molecule has 0 saturated heterocycles. The van der Waals surface area contributed by atoms with Gasteiger partial charge in [0.25, 0.3) is 0 Å². The van der Waals surface area contributed by atoms with Crippen LogP contribution in [0.3, 0.4) is 0 Å². The van der Waals surface area contributed by atoms with E-state index in [9.17, 15) is 0 Å². The van der Waals surface area contributed by atoms with E-state index in [1.165, 1.54) is 44.2 Å². The summed E-state index contributed by atoms with van der Waals surface area (Å²) < 4.78 is 7.08. The molecule has 0 aromatic rings.